The van der Waals surface area contributed by atoms with Crippen LogP contribution in [0, 0.1) is 0 Å². The molecule has 0 saturated carbocycles. The summed E-state index contributed by atoms with van der Waals surface area (Å²) in [6, 6.07) is -2.81. The molecule has 0 aromatic heterocycles. The van der Waals surface area contributed by atoms with Crippen LogP contribution in [0.5, 0.6) is 0 Å². The zero-order valence-electron chi connectivity index (χ0n) is 14.8. The van der Waals surface area contributed by atoms with Gasteiger partial charge >= 0.3 is 18.3 Å². The second-order valence-corrected chi connectivity index (χ2v) is 7.14. The van der Waals surface area contributed by atoms with Crippen molar-refractivity contribution in [2.24, 2.45) is 4.99 Å². The van der Waals surface area contributed by atoms with Gasteiger partial charge in [0.2, 0.25) is 0 Å². The molecule has 144 valence electrons. The van der Waals surface area contributed by atoms with E-state index in [1.807, 2.05) is 0 Å². The summed E-state index contributed by atoms with van der Waals surface area (Å²) in [5.74, 6) is 0. The predicted molar refractivity (Wildman–Crippen MR) is 89.8 cm³/mol. The van der Waals surface area contributed by atoms with Crippen molar-refractivity contribution in [3.8, 4) is 0 Å². The molecular weight excluding hydrogens is 361 g/mol. The summed E-state index contributed by atoms with van der Waals surface area (Å²) in [5, 5.41) is 2.73. The van der Waals surface area contributed by atoms with Crippen molar-refractivity contribution in [1.29, 1.82) is 0 Å². The van der Waals surface area contributed by atoms with Crippen LogP contribution in [-0.4, -0.2) is 77.8 Å². The topological polar surface area (TPSA) is 74.2 Å². The van der Waals surface area contributed by atoms with Gasteiger partial charge in [0, 0.05) is 20.1 Å². The molecule has 1 fully saturated rings. The number of hydrogen-bond donors (Lipinski definition) is 1. The van der Waals surface area contributed by atoms with E-state index < -0.39 is 36.5 Å². The van der Waals surface area contributed by atoms with Crippen molar-refractivity contribution in [1.82, 2.24) is 15.1 Å². The van der Waals surface area contributed by atoms with E-state index in [2.05, 4.69) is 10.3 Å². The molecule has 1 heterocycles. The third-order valence-corrected chi connectivity index (χ3v) is 3.96. The number of halogens is 3. The van der Waals surface area contributed by atoms with E-state index in [0.717, 1.165) is 4.90 Å². The van der Waals surface area contributed by atoms with Gasteiger partial charge < -0.3 is 9.64 Å². The second-order valence-electron chi connectivity index (χ2n) is 6.34. The van der Waals surface area contributed by atoms with Crippen LogP contribution in [0.15, 0.2) is 4.99 Å². The predicted octanol–water partition coefficient (Wildman–Crippen LogP) is 2.53. The van der Waals surface area contributed by atoms with Gasteiger partial charge in [0.05, 0.1) is 6.54 Å². The summed E-state index contributed by atoms with van der Waals surface area (Å²) >= 11 is 1.17. The minimum atomic E-state index is -4.68. The first-order valence-electron chi connectivity index (χ1n) is 7.52. The molecule has 0 spiro atoms. The highest BCUT2D eigenvalue weighted by atomic mass is 32.2. The first-order chi connectivity index (χ1) is 11.4. The first kappa shape index (κ1) is 21.4. The molecule has 25 heavy (non-hydrogen) atoms. The highest BCUT2D eigenvalue weighted by Gasteiger charge is 2.50. The van der Waals surface area contributed by atoms with E-state index in [0.29, 0.717) is 10.1 Å². The number of rotatable bonds is 0. The number of thioether (sulfide) groups is 1. The number of carbonyl (C=O) groups excluding carboxylic acids is 2. The number of carbonyl (C=O) groups is 2. The van der Waals surface area contributed by atoms with Crippen LogP contribution >= 0.6 is 11.8 Å². The Balaban J connectivity index is 2.89. The molecule has 0 aromatic carbocycles. The third kappa shape index (κ3) is 6.29. The molecule has 1 rings (SSSR count). The van der Waals surface area contributed by atoms with Crippen LogP contribution in [0.1, 0.15) is 20.8 Å². The molecule has 3 amide bonds. The molecule has 1 N–H and O–H groups in total. The minimum absolute atomic E-state index is 0.0387. The van der Waals surface area contributed by atoms with Gasteiger partial charge in [-0.2, -0.15) is 13.2 Å². The highest BCUT2D eigenvalue weighted by molar-refractivity contribution is 8.13. The number of ether oxygens (including phenoxy) is 1. The van der Waals surface area contributed by atoms with Gasteiger partial charge in [0.15, 0.2) is 5.17 Å². The number of alkyl halides is 3. The van der Waals surface area contributed by atoms with Crippen LogP contribution in [-0.2, 0) is 4.74 Å². The summed E-state index contributed by atoms with van der Waals surface area (Å²) in [6.45, 7) is 3.75. The Hall–Kier alpha value is -1.65. The molecule has 1 saturated heterocycles. The summed E-state index contributed by atoms with van der Waals surface area (Å²) < 4.78 is 45.2. The fraction of sp³-hybridized carbons (Fsp3) is 0.786. The first-order valence-corrected chi connectivity index (χ1v) is 8.74. The summed E-state index contributed by atoms with van der Waals surface area (Å²) in [4.78, 5) is 29.6. The highest BCUT2D eigenvalue weighted by Crippen LogP contribution is 2.29. The lowest BCUT2D eigenvalue weighted by atomic mass is 10.1. The fourth-order valence-corrected chi connectivity index (χ4v) is 2.53. The lowest BCUT2D eigenvalue weighted by molar-refractivity contribution is -0.190. The zero-order valence-corrected chi connectivity index (χ0v) is 15.6. The Morgan fingerprint density at radius 2 is 1.84 bits per heavy atom. The molecule has 0 unspecified atom stereocenters. The van der Waals surface area contributed by atoms with E-state index in [4.69, 9.17) is 4.74 Å². The van der Waals surface area contributed by atoms with Gasteiger partial charge in [-0.1, -0.05) is 11.8 Å². The smallest absolute Gasteiger partial charge is 0.410 e. The van der Waals surface area contributed by atoms with E-state index in [9.17, 15) is 22.8 Å². The normalized spacial score (nSPS) is 19.7. The molecule has 1 aliphatic heterocycles. The molecule has 7 nitrogen and oxygen atoms in total. The van der Waals surface area contributed by atoms with E-state index in [1.54, 1.807) is 27.0 Å². The zero-order chi connectivity index (χ0) is 19.4. The third-order valence-electron chi connectivity index (χ3n) is 3.28. The Bertz CT molecular complexity index is 534. The molecule has 0 aliphatic carbocycles. The number of urea groups is 1. The van der Waals surface area contributed by atoms with E-state index in [-0.39, 0.29) is 13.1 Å². The van der Waals surface area contributed by atoms with Crippen LogP contribution in [0.4, 0.5) is 22.8 Å². The lowest BCUT2D eigenvalue weighted by Gasteiger charge is -2.42. The van der Waals surface area contributed by atoms with E-state index in [1.165, 1.54) is 18.8 Å². The average Bonchev–Trinajstić information content (AvgIpc) is 2.49. The molecule has 1 aliphatic rings. The quantitative estimate of drug-likeness (QED) is 0.515. The Labute approximate surface area is 148 Å². The van der Waals surface area contributed by atoms with Gasteiger partial charge in [-0.3, -0.25) is 15.2 Å². The van der Waals surface area contributed by atoms with Crippen LogP contribution in [0.2, 0.25) is 0 Å². The molecular formula is C14H23F3N4O3S. The van der Waals surface area contributed by atoms with Crippen LogP contribution in [0.3, 0.4) is 0 Å². The Morgan fingerprint density at radius 1 is 1.24 bits per heavy atom. The summed E-state index contributed by atoms with van der Waals surface area (Å²) in [5.41, 5.74) is -0.910. The van der Waals surface area contributed by atoms with Gasteiger partial charge in [0.25, 0.3) is 0 Å². The SMILES string of the molecule is CN=C(NC(=O)N1CCN(C(=O)OC(C)(C)C)[C@H](C(F)(F)F)C1)SC. The number of nitrogens with zero attached hydrogens (tertiary/aromatic N) is 3. The molecule has 0 radical (unpaired) electrons. The second kappa shape index (κ2) is 8.15. The van der Waals surface area contributed by atoms with Crippen molar-refractivity contribution in [3.63, 3.8) is 0 Å². The maximum atomic E-state index is 13.4. The van der Waals surface area contributed by atoms with Crippen molar-refractivity contribution in [3.05, 3.63) is 0 Å². The van der Waals surface area contributed by atoms with Crippen LogP contribution in [0.25, 0.3) is 0 Å². The standard InChI is InChI=1S/C14H23F3N4O3S/c1-13(2,3)24-12(23)21-7-6-20(8-9(21)14(15,16)17)11(22)19-10(18-4)25-5/h9H,6-8H2,1-5H3,(H,18,19,22)/t9-/m0/s1. The van der Waals surface area contributed by atoms with Gasteiger partial charge in [-0.15, -0.1) is 0 Å². The molecule has 11 heteroatoms. The minimum Gasteiger partial charge on any atom is -0.444 e. The van der Waals surface area contributed by atoms with Crippen molar-refractivity contribution in [2.75, 3.05) is 32.9 Å². The van der Waals surface area contributed by atoms with Gasteiger partial charge in [0.1, 0.15) is 11.6 Å². The van der Waals surface area contributed by atoms with Crippen molar-refractivity contribution in [2.45, 2.75) is 38.6 Å². The molecule has 0 bridgehead atoms. The number of hydrogen-bond acceptors (Lipinski definition) is 5. The fourth-order valence-electron chi connectivity index (χ4n) is 2.16. The number of amidine groups is 1. The maximum Gasteiger partial charge on any atom is 0.410 e. The van der Waals surface area contributed by atoms with Crippen LogP contribution < -0.4 is 5.32 Å². The molecule has 0 aromatic rings. The number of piperazine rings is 1. The Kier molecular flexibility index (Phi) is 6.98. The molecule has 1 atom stereocenters. The average molecular weight is 384 g/mol. The number of aliphatic imine (C=N–C) groups is 1. The maximum absolute atomic E-state index is 13.4. The largest absolute Gasteiger partial charge is 0.444 e. The summed E-state index contributed by atoms with van der Waals surface area (Å²) in [6.07, 6.45) is -4.05. The van der Waals surface area contributed by atoms with Crippen molar-refractivity contribution >= 4 is 29.1 Å². The lowest BCUT2D eigenvalue weighted by Crippen LogP contribution is -2.63. The number of amides is 3. The number of nitrogens with one attached hydrogen (secondary N) is 1. The van der Waals surface area contributed by atoms with E-state index >= 15 is 0 Å². The monoisotopic (exact) mass is 384 g/mol. The van der Waals surface area contributed by atoms with Gasteiger partial charge in [-0.25, -0.2) is 9.59 Å². The van der Waals surface area contributed by atoms with Gasteiger partial charge in [-0.05, 0) is 27.0 Å². The van der Waals surface area contributed by atoms with Crippen molar-refractivity contribution < 1.29 is 27.5 Å². The summed E-state index contributed by atoms with van der Waals surface area (Å²) in [7, 11) is 1.46. The Morgan fingerprint density at radius 3 is 2.28 bits per heavy atom.